The van der Waals surface area contributed by atoms with Crippen molar-refractivity contribution >= 4 is 23.0 Å². The molecule has 0 atom stereocenters. The number of aromatic nitrogens is 3. The van der Waals surface area contributed by atoms with Crippen LogP contribution < -0.4 is 10.6 Å². The van der Waals surface area contributed by atoms with Crippen LogP contribution in [0.4, 0.5) is 17.5 Å². The average Bonchev–Trinajstić information content (AvgIpc) is 3.00. The van der Waals surface area contributed by atoms with Gasteiger partial charge in [-0.05, 0) is 100 Å². The lowest BCUT2D eigenvalue weighted by molar-refractivity contribution is 0.126. The number of pyridine rings is 1. The summed E-state index contributed by atoms with van der Waals surface area (Å²) in [4.78, 5) is 19.1. The predicted octanol–water partition coefficient (Wildman–Crippen LogP) is 5.18. The molecule has 2 aromatic heterocycles. The van der Waals surface area contributed by atoms with E-state index >= 15 is 0 Å². The fraction of sp³-hybridized carbons (Fsp3) is 0.469. The van der Waals surface area contributed by atoms with Crippen LogP contribution in [-0.4, -0.2) is 81.3 Å². The number of hydrogen-bond donors (Lipinski definition) is 3. The molecule has 1 saturated heterocycles. The van der Waals surface area contributed by atoms with E-state index in [1.165, 1.54) is 37.1 Å². The van der Waals surface area contributed by atoms with Crippen LogP contribution in [0.5, 0.6) is 0 Å². The lowest BCUT2D eigenvalue weighted by atomic mass is 9.93. The van der Waals surface area contributed by atoms with Gasteiger partial charge < -0.3 is 20.6 Å². The molecule has 0 bridgehead atoms. The Morgan fingerprint density at radius 2 is 1.70 bits per heavy atom. The van der Waals surface area contributed by atoms with Gasteiger partial charge in [0, 0.05) is 43.3 Å². The molecule has 8 nitrogen and oxygen atoms in total. The Balaban J connectivity index is 1.13. The number of hydrogen-bond acceptors (Lipinski definition) is 8. The SMILES string of the molecule is CN1CCC(N2CC=C(c3ccc(Nc4ncc(-c5ccccn5)c(NC5CCC(O)CC5)n4)cc3)CC2)CC1. The van der Waals surface area contributed by atoms with E-state index in [1.54, 1.807) is 6.20 Å². The van der Waals surface area contributed by atoms with E-state index in [4.69, 9.17) is 4.98 Å². The van der Waals surface area contributed by atoms with E-state index in [1.807, 2.05) is 24.4 Å². The van der Waals surface area contributed by atoms with Gasteiger partial charge in [-0.25, -0.2) is 4.98 Å². The normalized spacial score (nSPS) is 23.0. The summed E-state index contributed by atoms with van der Waals surface area (Å²) in [6, 6.07) is 15.5. The predicted molar refractivity (Wildman–Crippen MR) is 162 cm³/mol. The van der Waals surface area contributed by atoms with Gasteiger partial charge in [-0.3, -0.25) is 9.88 Å². The van der Waals surface area contributed by atoms with Gasteiger partial charge in [-0.1, -0.05) is 24.3 Å². The first-order valence-electron chi connectivity index (χ1n) is 14.8. The van der Waals surface area contributed by atoms with Crippen molar-refractivity contribution in [1.29, 1.82) is 0 Å². The van der Waals surface area contributed by atoms with Crippen molar-refractivity contribution in [2.75, 3.05) is 43.9 Å². The second-order valence-electron chi connectivity index (χ2n) is 11.5. The molecular weight excluding hydrogens is 498 g/mol. The standard InChI is InChI=1S/C32H41N7O/c1-38-18-15-27(16-19-38)39-20-13-24(14-21-39)23-5-7-26(8-6-23)36-32-34-22-29(30-4-2-3-17-33-30)31(37-32)35-25-9-11-28(40)12-10-25/h2-8,13,17,22,25,27-28,40H,9-12,14-16,18-21H2,1H3,(H2,34,35,36,37). The summed E-state index contributed by atoms with van der Waals surface area (Å²) in [5, 5.41) is 16.9. The number of aliphatic hydroxyl groups is 1. The minimum atomic E-state index is -0.193. The van der Waals surface area contributed by atoms with E-state index in [9.17, 15) is 5.11 Å². The summed E-state index contributed by atoms with van der Waals surface area (Å²) in [5.41, 5.74) is 5.42. The number of piperidine rings is 1. The molecule has 1 saturated carbocycles. The van der Waals surface area contributed by atoms with Gasteiger partial charge >= 0.3 is 0 Å². The molecule has 2 aliphatic heterocycles. The van der Waals surface area contributed by atoms with Crippen LogP contribution in [0.1, 0.15) is 50.5 Å². The third-order valence-electron chi connectivity index (χ3n) is 8.72. The third-order valence-corrected chi connectivity index (χ3v) is 8.72. The number of nitrogens with zero attached hydrogens (tertiary/aromatic N) is 5. The van der Waals surface area contributed by atoms with Crippen molar-refractivity contribution in [3.05, 3.63) is 66.5 Å². The lowest BCUT2D eigenvalue weighted by Gasteiger charge is -2.38. The van der Waals surface area contributed by atoms with Crippen LogP contribution in [-0.2, 0) is 0 Å². The smallest absolute Gasteiger partial charge is 0.229 e. The minimum Gasteiger partial charge on any atom is -0.393 e. The van der Waals surface area contributed by atoms with Crippen LogP contribution in [0.2, 0.25) is 0 Å². The molecule has 6 rings (SSSR count). The summed E-state index contributed by atoms with van der Waals surface area (Å²) in [7, 11) is 2.23. The van der Waals surface area contributed by atoms with Crippen LogP contribution in [0, 0.1) is 0 Å². The summed E-state index contributed by atoms with van der Waals surface area (Å²) < 4.78 is 0. The third kappa shape index (κ3) is 6.52. The fourth-order valence-electron chi connectivity index (χ4n) is 6.21. The minimum absolute atomic E-state index is 0.193. The summed E-state index contributed by atoms with van der Waals surface area (Å²) in [6.07, 6.45) is 13.0. The maximum Gasteiger partial charge on any atom is 0.229 e. The van der Waals surface area contributed by atoms with Crippen molar-refractivity contribution in [2.24, 2.45) is 0 Å². The molecule has 3 aliphatic rings. The first kappa shape index (κ1) is 26.9. The van der Waals surface area contributed by atoms with Crippen molar-refractivity contribution in [1.82, 2.24) is 24.8 Å². The molecule has 8 heteroatoms. The summed E-state index contributed by atoms with van der Waals surface area (Å²) in [5.74, 6) is 1.33. The van der Waals surface area contributed by atoms with Gasteiger partial charge in [0.2, 0.25) is 5.95 Å². The molecule has 0 amide bonds. The van der Waals surface area contributed by atoms with Gasteiger partial charge in [-0.15, -0.1) is 0 Å². The molecule has 1 aromatic carbocycles. The highest BCUT2D eigenvalue weighted by Crippen LogP contribution is 2.30. The first-order valence-corrected chi connectivity index (χ1v) is 14.8. The first-order chi connectivity index (χ1) is 19.6. The Morgan fingerprint density at radius 3 is 2.40 bits per heavy atom. The Morgan fingerprint density at radius 1 is 0.900 bits per heavy atom. The maximum absolute atomic E-state index is 9.93. The fourth-order valence-corrected chi connectivity index (χ4v) is 6.21. The maximum atomic E-state index is 9.93. The molecule has 1 aliphatic carbocycles. The second-order valence-corrected chi connectivity index (χ2v) is 11.5. The Hall–Kier alpha value is -3.33. The average molecular weight is 540 g/mol. The van der Waals surface area contributed by atoms with Gasteiger partial charge in [0.15, 0.2) is 0 Å². The highest BCUT2D eigenvalue weighted by molar-refractivity contribution is 5.74. The molecule has 3 aromatic rings. The molecule has 3 N–H and O–H groups in total. The zero-order valence-corrected chi connectivity index (χ0v) is 23.5. The van der Waals surface area contributed by atoms with E-state index in [0.717, 1.165) is 74.0 Å². The van der Waals surface area contributed by atoms with E-state index in [2.05, 4.69) is 67.8 Å². The molecule has 40 heavy (non-hydrogen) atoms. The number of benzene rings is 1. The van der Waals surface area contributed by atoms with Crippen LogP contribution >= 0.6 is 0 Å². The van der Waals surface area contributed by atoms with Crippen molar-refractivity contribution in [3.8, 4) is 11.3 Å². The zero-order valence-electron chi connectivity index (χ0n) is 23.5. The molecule has 0 unspecified atom stereocenters. The Bertz CT molecular complexity index is 1280. The second kappa shape index (κ2) is 12.5. The van der Waals surface area contributed by atoms with E-state index in [-0.39, 0.29) is 12.1 Å². The zero-order chi connectivity index (χ0) is 27.3. The van der Waals surface area contributed by atoms with Gasteiger partial charge in [0.1, 0.15) is 5.82 Å². The number of anilines is 3. The van der Waals surface area contributed by atoms with Crippen molar-refractivity contribution in [2.45, 2.75) is 63.1 Å². The van der Waals surface area contributed by atoms with Crippen molar-refractivity contribution in [3.63, 3.8) is 0 Å². The van der Waals surface area contributed by atoms with Crippen LogP contribution in [0.25, 0.3) is 16.8 Å². The highest BCUT2D eigenvalue weighted by Gasteiger charge is 2.25. The molecule has 210 valence electrons. The number of likely N-dealkylation sites (tertiary alicyclic amines) is 1. The number of aliphatic hydroxyl groups excluding tert-OH is 1. The van der Waals surface area contributed by atoms with Crippen LogP contribution in [0.3, 0.4) is 0 Å². The number of nitrogens with one attached hydrogen (secondary N) is 2. The summed E-state index contributed by atoms with van der Waals surface area (Å²) >= 11 is 0. The lowest BCUT2D eigenvalue weighted by Crippen LogP contribution is -2.45. The van der Waals surface area contributed by atoms with Gasteiger partial charge in [0.05, 0.1) is 17.4 Å². The van der Waals surface area contributed by atoms with E-state index in [0.29, 0.717) is 5.95 Å². The summed E-state index contributed by atoms with van der Waals surface area (Å²) in [6.45, 7) is 4.62. The monoisotopic (exact) mass is 539 g/mol. The highest BCUT2D eigenvalue weighted by atomic mass is 16.3. The van der Waals surface area contributed by atoms with Gasteiger partial charge in [0.25, 0.3) is 0 Å². The molecule has 4 heterocycles. The topological polar surface area (TPSA) is 89.4 Å². The van der Waals surface area contributed by atoms with Crippen LogP contribution in [0.15, 0.2) is 60.9 Å². The molecule has 2 fully saturated rings. The largest absolute Gasteiger partial charge is 0.393 e. The molecule has 0 radical (unpaired) electrons. The Kier molecular flexibility index (Phi) is 8.37. The molecular formula is C32H41N7O. The van der Waals surface area contributed by atoms with Gasteiger partial charge in [-0.2, -0.15) is 4.98 Å². The quantitative estimate of drug-likeness (QED) is 0.379. The molecule has 0 spiro atoms. The van der Waals surface area contributed by atoms with Crippen molar-refractivity contribution < 1.29 is 5.11 Å². The Labute approximate surface area is 237 Å². The number of rotatable bonds is 7. The van der Waals surface area contributed by atoms with E-state index < -0.39 is 0 Å².